The Bertz CT molecular complexity index is 325. The topological polar surface area (TPSA) is 85.8 Å². The fourth-order valence-electron chi connectivity index (χ4n) is 1.43. The fraction of sp³-hybridized carbons (Fsp3) is 0.727. The quantitative estimate of drug-likeness (QED) is 0.664. The molecule has 2 atom stereocenters. The van der Waals surface area contributed by atoms with Crippen LogP contribution in [0.15, 0.2) is 12.4 Å². The molecule has 1 rings (SSSR count). The van der Waals surface area contributed by atoms with Crippen LogP contribution in [0.5, 0.6) is 0 Å². The number of nitrogens with zero attached hydrogens (tertiary/aromatic N) is 3. The van der Waals surface area contributed by atoms with Crippen LogP contribution >= 0.6 is 0 Å². The number of nitrogens with two attached hydrogens (primary N) is 1. The molecular weight excluding hydrogens is 218 g/mol. The van der Waals surface area contributed by atoms with E-state index in [1.165, 1.54) is 0 Å². The highest BCUT2D eigenvalue weighted by molar-refractivity contribution is 5.81. The largest absolute Gasteiger partial charge is 0.355 e. The van der Waals surface area contributed by atoms with Crippen molar-refractivity contribution in [2.45, 2.75) is 39.3 Å². The van der Waals surface area contributed by atoms with Gasteiger partial charge in [0.05, 0.1) is 12.2 Å². The van der Waals surface area contributed by atoms with E-state index in [1.807, 2.05) is 13.8 Å². The van der Waals surface area contributed by atoms with E-state index in [1.54, 1.807) is 17.1 Å². The Morgan fingerprint density at radius 2 is 2.35 bits per heavy atom. The monoisotopic (exact) mass is 239 g/mol. The third-order valence-electron chi connectivity index (χ3n) is 2.89. The van der Waals surface area contributed by atoms with Gasteiger partial charge in [0, 0.05) is 19.3 Å². The van der Waals surface area contributed by atoms with Crippen molar-refractivity contribution in [1.82, 2.24) is 20.3 Å². The number of rotatable bonds is 7. The van der Waals surface area contributed by atoms with Crippen LogP contribution in [0.4, 0.5) is 0 Å². The summed E-state index contributed by atoms with van der Waals surface area (Å²) in [5.41, 5.74) is 5.81. The maximum atomic E-state index is 11.6. The summed E-state index contributed by atoms with van der Waals surface area (Å²) in [4.78, 5) is 11.6. The molecule has 1 heterocycles. The number of carbonyl (C=O) groups is 1. The van der Waals surface area contributed by atoms with Crippen LogP contribution < -0.4 is 11.1 Å². The summed E-state index contributed by atoms with van der Waals surface area (Å²) in [6, 6.07) is -0.411. The smallest absolute Gasteiger partial charge is 0.237 e. The molecule has 3 N–H and O–H groups in total. The predicted molar refractivity (Wildman–Crippen MR) is 65.1 cm³/mol. The van der Waals surface area contributed by atoms with E-state index in [2.05, 4.69) is 15.6 Å². The molecule has 0 saturated carbocycles. The lowest BCUT2D eigenvalue weighted by Gasteiger charge is -2.17. The Balaban J connectivity index is 2.16. The van der Waals surface area contributed by atoms with E-state index in [-0.39, 0.29) is 11.8 Å². The first-order valence-corrected chi connectivity index (χ1v) is 6.02. The average molecular weight is 239 g/mol. The summed E-state index contributed by atoms with van der Waals surface area (Å²) in [5.74, 6) is 0.142. The van der Waals surface area contributed by atoms with E-state index in [4.69, 9.17) is 5.73 Å². The van der Waals surface area contributed by atoms with Crippen LogP contribution in [0, 0.1) is 5.92 Å². The minimum absolute atomic E-state index is 0.0714. The standard InChI is InChI=1S/C11H21N5O/c1-3-9(2)10(12)11(17)13-5-4-7-16-8-6-14-15-16/h6,8-10H,3-5,7,12H2,1-2H3,(H,13,17)/t9-,10-/m0/s1. The average Bonchev–Trinajstić information content (AvgIpc) is 2.85. The van der Waals surface area contributed by atoms with Crippen molar-refractivity contribution >= 4 is 5.91 Å². The second-order valence-corrected chi connectivity index (χ2v) is 4.22. The SMILES string of the molecule is CC[C@H](C)[C@H](N)C(=O)NCCCn1ccnn1. The molecule has 96 valence electrons. The molecular formula is C11H21N5O. The number of aryl methyl sites for hydroxylation is 1. The first kappa shape index (κ1) is 13.6. The van der Waals surface area contributed by atoms with Gasteiger partial charge in [-0.05, 0) is 12.3 Å². The van der Waals surface area contributed by atoms with Gasteiger partial charge < -0.3 is 11.1 Å². The van der Waals surface area contributed by atoms with Gasteiger partial charge in [-0.2, -0.15) is 0 Å². The van der Waals surface area contributed by atoms with E-state index in [0.29, 0.717) is 6.54 Å². The van der Waals surface area contributed by atoms with Crippen molar-refractivity contribution < 1.29 is 4.79 Å². The Morgan fingerprint density at radius 1 is 1.59 bits per heavy atom. The predicted octanol–water partition coefficient (Wildman–Crippen LogP) is 0.158. The van der Waals surface area contributed by atoms with E-state index >= 15 is 0 Å². The molecule has 0 aliphatic heterocycles. The Labute approximate surface area is 102 Å². The molecule has 0 aliphatic rings. The second-order valence-electron chi connectivity index (χ2n) is 4.22. The first-order chi connectivity index (χ1) is 8.15. The van der Waals surface area contributed by atoms with Crippen molar-refractivity contribution in [1.29, 1.82) is 0 Å². The molecule has 0 unspecified atom stereocenters. The number of hydrogen-bond acceptors (Lipinski definition) is 4. The fourth-order valence-corrected chi connectivity index (χ4v) is 1.43. The molecule has 6 heteroatoms. The Kier molecular flexibility index (Phi) is 5.62. The van der Waals surface area contributed by atoms with Crippen LogP contribution in [-0.4, -0.2) is 33.5 Å². The number of amides is 1. The minimum Gasteiger partial charge on any atom is -0.355 e. The molecule has 1 amide bonds. The van der Waals surface area contributed by atoms with Gasteiger partial charge in [0.2, 0.25) is 5.91 Å². The van der Waals surface area contributed by atoms with Gasteiger partial charge in [0.1, 0.15) is 0 Å². The van der Waals surface area contributed by atoms with Crippen LogP contribution in [-0.2, 0) is 11.3 Å². The molecule has 0 saturated heterocycles. The lowest BCUT2D eigenvalue weighted by Crippen LogP contribution is -2.44. The summed E-state index contributed by atoms with van der Waals surface area (Å²) < 4.78 is 1.74. The van der Waals surface area contributed by atoms with Gasteiger partial charge in [-0.15, -0.1) is 5.10 Å². The summed E-state index contributed by atoms with van der Waals surface area (Å²) >= 11 is 0. The highest BCUT2D eigenvalue weighted by Crippen LogP contribution is 2.04. The van der Waals surface area contributed by atoms with Crippen LogP contribution in [0.1, 0.15) is 26.7 Å². The van der Waals surface area contributed by atoms with E-state index in [0.717, 1.165) is 19.4 Å². The zero-order valence-corrected chi connectivity index (χ0v) is 10.5. The molecule has 0 aliphatic carbocycles. The van der Waals surface area contributed by atoms with Crippen molar-refractivity contribution in [3.05, 3.63) is 12.4 Å². The van der Waals surface area contributed by atoms with Gasteiger partial charge in [0.15, 0.2) is 0 Å². The van der Waals surface area contributed by atoms with Crippen molar-refractivity contribution in [2.75, 3.05) is 6.54 Å². The molecule has 0 fully saturated rings. The highest BCUT2D eigenvalue weighted by Gasteiger charge is 2.18. The van der Waals surface area contributed by atoms with Crippen molar-refractivity contribution in [2.24, 2.45) is 11.7 Å². The Hall–Kier alpha value is -1.43. The molecule has 1 aromatic heterocycles. The number of aromatic nitrogens is 3. The van der Waals surface area contributed by atoms with E-state index < -0.39 is 6.04 Å². The number of hydrogen-bond donors (Lipinski definition) is 2. The lowest BCUT2D eigenvalue weighted by molar-refractivity contribution is -0.123. The van der Waals surface area contributed by atoms with Crippen LogP contribution in [0.2, 0.25) is 0 Å². The normalized spacial score (nSPS) is 14.3. The van der Waals surface area contributed by atoms with Gasteiger partial charge in [-0.1, -0.05) is 25.5 Å². The highest BCUT2D eigenvalue weighted by atomic mass is 16.2. The number of carbonyl (C=O) groups excluding carboxylic acids is 1. The van der Waals surface area contributed by atoms with Gasteiger partial charge in [-0.25, -0.2) is 0 Å². The zero-order valence-electron chi connectivity index (χ0n) is 10.5. The minimum atomic E-state index is -0.411. The molecule has 0 spiro atoms. The summed E-state index contributed by atoms with van der Waals surface area (Å²) in [6.07, 6.45) is 5.17. The van der Waals surface area contributed by atoms with Crippen LogP contribution in [0.25, 0.3) is 0 Å². The van der Waals surface area contributed by atoms with Gasteiger partial charge >= 0.3 is 0 Å². The molecule has 1 aromatic rings. The number of nitrogens with one attached hydrogen (secondary N) is 1. The lowest BCUT2D eigenvalue weighted by atomic mass is 9.99. The third kappa shape index (κ3) is 4.52. The van der Waals surface area contributed by atoms with Gasteiger partial charge in [0.25, 0.3) is 0 Å². The molecule has 0 radical (unpaired) electrons. The van der Waals surface area contributed by atoms with E-state index in [9.17, 15) is 4.79 Å². The maximum absolute atomic E-state index is 11.6. The third-order valence-corrected chi connectivity index (χ3v) is 2.89. The van der Waals surface area contributed by atoms with Crippen LogP contribution in [0.3, 0.4) is 0 Å². The summed E-state index contributed by atoms with van der Waals surface area (Å²) in [5, 5.41) is 10.4. The molecule has 17 heavy (non-hydrogen) atoms. The maximum Gasteiger partial charge on any atom is 0.237 e. The molecule has 6 nitrogen and oxygen atoms in total. The Morgan fingerprint density at radius 3 is 2.94 bits per heavy atom. The molecule has 0 aromatic carbocycles. The molecule has 0 bridgehead atoms. The van der Waals surface area contributed by atoms with Crippen molar-refractivity contribution in [3.63, 3.8) is 0 Å². The van der Waals surface area contributed by atoms with Crippen molar-refractivity contribution in [3.8, 4) is 0 Å². The zero-order chi connectivity index (χ0) is 12.7. The summed E-state index contributed by atoms with van der Waals surface area (Å²) in [6.45, 7) is 5.38. The second kappa shape index (κ2) is 7.01. The first-order valence-electron chi connectivity index (χ1n) is 6.02. The summed E-state index contributed by atoms with van der Waals surface area (Å²) in [7, 11) is 0. The van der Waals surface area contributed by atoms with Gasteiger partial charge in [-0.3, -0.25) is 9.48 Å².